The maximum Gasteiger partial charge on any atom is 0.340 e. The Bertz CT molecular complexity index is 555. The topological polar surface area (TPSA) is 86.5 Å². The maximum absolute atomic E-state index is 11.6. The number of ether oxygens (including phenoxy) is 1. The van der Waals surface area contributed by atoms with E-state index in [0.717, 1.165) is 5.56 Å². The average molecular weight is 303 g/mol. The van der Waals surface area contributed by atoms with Gasteiger partial charge >= 0.3 is 5.97 Å². The molecule has 106 valence electrons. The van der Waals surface area contributed by atoms with Gasteiger partial charge in [-0.05, 0) is 11.6 Å². The summed E-state index contributed by atoms with van der Waals surface area (Å²) < 4.78 is 26.7. The first-order chi connectivity index (χ1) is 8.85. The number of anilines is 1. The molecule has 0 atom stereocenters. The second kappa shape index (κ2) is 6.81. The molecule has 0 radical (unpaired) electrons. The molecule has 0 aliphatic rings. The molecule has 19 heavy (non-hydrogen) atoms. The number of carbonyl (C=O) groups excluding carboxylic acids is 1. The Kier molecular flexibility index (Phi) is 5.68. The summed E-state index contributed by atoms with van der Waals surface area (Å²) in [7, 11) is -1.65. The highest BCUT2D eigenvalue weighted by Gasteiger charge is 2.15. The van der Waals surface area contributed by atoms with Gasteiger partial charge in [0, 0.05) is 23.4 Å². The maximum atomic E-state index is 11.6. The van der Waals surface area contributed by atoms with Crippen LogP contribution < -0.4 is 5.73 Å². The molecule has 0 aliphatic carbocycles. The number of rotatable bonds is 6. The van der Waals surface area contributed by atoms with Gasteiger partial charge in [-0.2, -0.15) is 11.8 Å². The fourth-order valence-corrected chi connectivity index (χ4v) is 3.77. The Labute approximate surface area is 117 Å². The minimum Gasteiger partial charge on any atom is -0.465 e. The number of esters is 1. The molecule has 0 amide bonds. The molecule has 1 aromatic rings. The molecule has 0 unspecified atom stereocenters. The van der Waals surface area contributed by atoms with E-state index in [1.807, 2.05) is 0 Å². The lowest BCUT2D eigenvalue weighted by Crippen LogP contribution is -2.10. The molecule has 5 nitrogen and oxygen atoms in total. The third kappa shape index (κ3) is 5.12. The molecule has 7 heteroatoms. The van der Waals surface area contributed by atoms with Gasteiger partial charge in [0.15, 0.2) is 0 Å². The highest BCUT2D eigenvalue weighted by atomic mass is 32.2. The van der Waals surface area contributed by atoms with Gasteiger partial charge in [0.05, 0.1) is 18.4 Å². The molecule has 0 saturated carbocycles. The molecule has 0 bridgehead atoms. The molecular formula is C12H17NO4S2. The molecule has 2 N–H and O–H groups in total. The van der Waals surface area contributed by atoms with Crippen molar-refractivity contribution < 1.29 is 17.9 Å². The summed E-state index contributed by atoms with van der Waals surface area (Å²) in [5.74, 6) is 0.643. The number of methoxy groups -OCH3 is 1. The number of carbonyl (C=O) groups is 1. The van der Waals surface area contributed by atoms with Gasteiger partial charge in [0.1, 0.15) is 9.84 Å². The van der Waals surface area contributed by atoms with Crippen molar-refractivity contribution in [1.82, 2.24) is 0 Å². The molecule has 0 spiro atoms. The molecule has 0 heterocycles. The first-order valence-corrected chi connectivity index (χ1v) is 8.78. The highest BCUT2D eigenvalue weighted by molar-refractivity contribution is 7.99. The van der Waals surface area contributed by atoms with E-state index in [-0.39, 0.29) is 5.75 Å². The summed E-state index contributed by atoms with van der Waals surface area (Å²) in [6.45, 7) is 0. The van der Waals surface area contributed by atoms with Gasteiger partial charge in [-0.3, -0.25) is 0 Å². The second-order valence-corrected chi connectivity index (χ2v) is 7.42. The number of hydrogen-bond donors (Lipinski definition) is 1. The molecule has 0 aliphatic heterocycles. The minimum absolute atomic E-state index is 0.119. The third-order valence-electron chi connectivity index (χ3n) is 2.43. The standard InChI is InChI=1S/C12H17NO4S2/c1-17-12(14)11-9(4-3-5-10(11)13)8-18-6-7-19(2,15)16/h3-5H,6-8,13H2,1-2H3. The fraction of sp³-hybridized carbons (Fsp3) is 0.417. The number of nitrogen functional groups attached to an aromatic ring is 1. The molecule has 1 aromatic carbocycles. The fourth-order valence-electron chi connectivity index (χ4n) is 1.48. The molecular weight excluding hydrogens is 286 g/mol. The Hall–Kier alpha value is -1.21. The number of thioether (sulfide) groups is 1. The zero-order valence-corrected chi connectivity index (χ0v) is 12.5. The van der Waals surface area contributed by atoms with Gasteiger partial charge in [-0.15, -0.1) is 0 Å². The van der Waals surface area contributed by atoms with Crippen LogP contribution in [0.3, 0.4) is 0 Å². The van der Waals surface area contributed by atoms with E-state index in [9.17, 15) is 13.2 Å². The Morgan fingerprint density at radius 1 is 1.42 bits per heavy atom. The van der Waals surface area contributed by atoms with E-state index < -0.39 is 15.8 Å². The van der Waals surface area contributed by atoms with Gasteiger partial charge < -0.3 is 10.5 Å². The lowest BCUT2D eigenvalue weighted by molar-refractivity contribution is 0.0601. The highest BCUT2D eigenvalue weighted by Crippen LogP contribution is 2.22. The van der Waals surface area contributed by atoms with E-state index in [0.29, 0.717) is 22.8 Å². The van der Waals surface area contributed by atoms with Crippen LogP contribution >= 0.6 is 11.8 Å². The van der Waals surface area contributed by atoms with Crippen molar-refractivity contribution in [2.24, 2.45) is 0 Å². The normalized spacial score (nSPS) is 11.3. The molecule has 0 fully saturated rings. The summed E-state index contributed by atoms with van der Waals surface area (Å²) in [5.41, 5.74) is 7.25. The smallest absolute Gasteiger partial charge is 0.340 e. The first-order valence-electron chi connectivity index (χ1n) is 5.56. The predicted octanol–water partition coefficient (Wildman–Crippen LogP) is 1.33. The number of sulfone groups is 1. The van der Waals surface area contributed by atoms with E-state index in [4.69, 9.17) is 10.5 Å². The third-order valence-corrected chi connectivity index (χ3v) is 4.64. The van der Waals surface area contributed by atoms with Crippen molar-refractivity contribution in [1.29, 1.82) is 0 Å². The first kappa shape index (κ1) is 15.8. The summed E-state index contributed by atoms with van der Waals surface area (Å²) in [4.78, 5) is 11.6. The van der Waals surface area contributed by atoms with E-state index >= 15 is 0 Å². The predicted molar refractivity (Wildman–Crippen MR) is 78.1 cm³/mol. The van der Waals surface area contributed by atoms with E-state index in [1.54, 1.807) is 18.2 Å². The minimum atomic E-state index is -2.95. The largest absolute Gasteiger partial charge is 0.465 e. The SMILES string of the molecule is COC(=O)c1c(N)cccc1CSCCS(C)(=O)=O. The van der Waals surface area contributed by atoms with Crippen molar-refractivity contribution in [3.63, 3.8) is 0 Å². The summed E-state index contributed by atoms with van der Waals surface area (Å²) in [6.07, 6.45) is 1.20. The Balaban J connectivity index is 2.73. The van der Waals surface area contributed by atoms with Gasteiger partial charge in [-0.1, -0.05) is 12.1 Å². The van der Waals surface area contributed by atoms with Gasteiger partial charge in [-0.25, -0.2) is 13.2 Å². The lowest BCUT2D eigenvalue weighted by Gasteiger charge is -2.10. The summed E-state index contributed by atoms with van der Waals surface area (Å²) in [5, 5.41) is 0. The quantitative estimate of drug-likeness (QED) is 0.485. The van der Waals surface area contributed by atoms with Crippen LogP contribution in [-0.4, -0.2) is 39.3 Å². The van der Waals surface area contributed by atoms with Crippen molar-refractivity contribution in [2.45, 2.75) is 5.75 Å². The van der Waals surface area contributed by atoms with Crippen molar-refractivity contribution >= 4 is 33.3 Å². The number of hydrogen-bond acceptors (Lipinski definition) is 6. The van der Waals surface area contributed by atoms with Crippen LogP contribution in [0, 0.1) is 0 Å². The monoisotopic (exact) mass is 303 g/mol. The van der Waals surface area contributed by atoms with Crippen molar-refractivity contribution in [3.05, 3.63) is 29.3 Å². The van der Waals surface area contributed by atoms with Crippen LogP contribution in [0.5, 0.6) is 0 Å². The second-order valence-electron chi connectivity index (χ2n) is 4.06. The lowest BCUT2D eigenvalue weighted by atomic mass is 10.1. The molecule has 0 aromatic heterocycles. The molecule has 0 saturated heterocycles. The van der Waals surface area contributed by atoms with Crippen LogP contribution in [0.25, 0.3) is 0 Å². The van der Waals surface area contributed by atoms with Crippen molar-refractivity contribution in [2.75, 3.05) is 30.6 Å². The van der Waals surface area contributed by atoms with Crippen LogP contribution in [-0.2, 0) is 20.3 Å². The van der Waals surface area contributed by atoms with Crippen molar-refractivity contribution in [3.8, 4) is 0 Å². The van der Waals surface area contributed by atoms with Crippen LogP contribution in [0.15, 0.2) is 18.2 Å². The number of nitrogens with two attached hydrogens (primary N) is 1. The zero-order valence-electron chi connectivity index (χ0n) is 10.9. The Morgan fingerprint density at radius 2 is 2.11 bits per heavy atom. The Morgan fingerprint density at radius 3 is 2.68 bits per heavy atom. The average Bonchev–Trinajstić information content (AvgIpc) is 2.33. The number of benzene rings is 1. The zero-order chi connectivity index (χ0) is 14.5. The molecule has 1 rings (SSSR count). The van der Waals surface area contributed by atoms with Gasteiger partial charge in [0.2, 0.25) is 0 Å². The van der Waals surface area contributed by atoms with Gasteiger partial charge in [0.25, 0.3) is 0 Å². The van der Waals surface area contributed by atoms with Crippen LogP contribution in [0.4, 0.5) is 5.69 Å². The van der Waals surface area contributed by atoms with Crippen LogP contribution in [0.1, 0.15) is 15.9 Å². The van der Waals surface area contributed by atoms with E-state index in [1.165, 1.54) is 25.1 Å². The summed E-state index contributed by atoms with van der Waals surface area (Å²) in [6, 6.07) is 5.18. The van der Waals surface area contributed by atoms with E-state index in [2.05, 4.69) is 0 Å². The summed E-state index contributed by atoms with van der Waals surface area (Å²) >= 11 is 1.44. The van der Waals surface area contributed by atoms with Crippen LogP contribution in [0.2, 0.25) is 0 Å².